The van der Waals surface area contributed by atoms with Gasteiger partial charge in [-0.15, -0.1) is 0 Å². The quantitative estimate of drug-likeness (QED) is 0.769. The fourth-order valence-corrected chi connectivity index (χ4v) is 1.68. The molecule has 0 atom stereocenters. The molecule has 0 radical (unpaired) electrons. The Morgan fingerprint density at radius 2 is 2.00 bits per heavy atom. The van der Waals surface area contributed by atoms with E-state index in [2.05, 4.69) is 9.97 Å². The highest BCUT2D eigenvalue weighted by molar-refractivity contribution is 5.89. The van der Waals surface area contributed by atoms with Crippen LogP contribution in [0, 0.1) is 0 Å². The summed E-state index contributed by atoms with van der Waals surface area (Å²) < 4.78 is 5.52. The number of carbonyl (C=O) groups is 1. The van der Waals surface area contributed by atoms with E-state index < -0.39 is 5.97 Å². The predicted molar refractivity (Wildman–Crippen MR) is 75.5 cm³/mol. The van der Waals surface area contributed by atoms with Crippen molar-refractivity contribution in [1.82, 2.24) is 9.97 Å². The fourth-order valence-electron chi connectivity index (χ4n) is 1.68. The lowest BCUT2D eigenvalue weighted by molar-refractivity contribution is 0.0697. The van der Waals surface area contributed by atoms with Crippen LogP contribution in [0.25, 0.3) is 22.7 Å². The van der Waals surface area contributed by atoms with E-state index in [1.54, 1.807) is 30.5 Å². The van der Waals surface area contributed by atoms with Crippen molar-refractivity contribution >= 4 is 17.2 Å². The van der Waals surface area contributed by atoms with Crippen molar-refractivity contribution in [3.05, 3.63) is 48.2 Å². The van der Waals surface area contributed by atoms with Crippen LogP contribution in [0.15, 0.2) is 47.0 Å². The maximum atomic E-state index is 10.9. The molecule has 0 fully saturated rings. The molecule has 2 aromatic heterocycles. The molecule has 3 aromatic rings. The second-order valence-electron chi connectivity index (χ2n) is 3.73. The highest BCUT2D eigenvalue weighted by Crippen LogP contribution is 2.23. The van der Waals surface area contributed by atoms with Gasteiger partial charge in [-0.05, 0) is 30.3 Å². The molecule has 1 N–H and O–H groups in total. The lowest BCUT2D eigenvalue weighted by Gasteiger charge is -1.97. The molecule has 5 nitrogen and oxygen atoms in total. The van der Waals surface area contributed by atoms with Crippen molar-refractivity contribution in [2.75, 3.05) is 0 Å². The van der Waals surface area contributed by atoms with Crippen LogP contribution >= 0.6 is 0 Å². The first-order valence-electron chi connectivity index (χ1n) is 6.29. The van der Waals surface area contributed by atoms with Gasteiger partial charge in [-0.25, -0.2) is 9.78 Å². The van der Waals surface area contributed by atoms with Gasteiger partial charge in [0, 0.05) is 11.8 Å². The summed E-state index contributed by atoms with van der Waals surface area (Å²) in [6, 6.07) is 9.96. The van der Waals surface area contributed by atoms with E-state index in [1.807, 2.05) is 13.8 Å². The van der Waals surface area contributed by atoms with Crippen molar-refractivity contribution in [1.29, 1.82) is 0 Å². The van der Waals surface area contributed by atoms with Gasteiger partial charge in [0.15, 0.2) is 11.2 Å². The molecule has 0 aliphatic heterocycles. The topological polar surface area (TPSA) is 76.2 Å². The van der Waals surface area contributed by atoms with Crippen LogP contribution in [0.4, 0.5) is 0 Å². The number of fused-ring (bicyclic) bond motifs is 1. The third-order valence-electron chi connectivity index (χ3n) is 2.52. The van der Waals surface area contributed by atoms with E-state index >= 15 is 0 Å². The van der Waals surface area contributed by atoms with Crippen LogP contribution in [0.1, 0.15) is 24.2 Å². The van der Waals surface area contributed by atoms with Crippen molar-refractivity contribution in [3.63, 3.8) is 0 Å². The minimum Gasteiger partial charge on any atom is -0.478 e. The van der Waals surface area contributed by atoms with E-state index in [9.17, 15) is 4.79 Å². The third-order valence-corrected chi connectivity index (χ3v) is 2.52. The molecule has 0 saturated carbocycles. The zero-order valence-corrected chi connectivity index (χ0v) is 11.2. The zero-order chi connectivity index (χ0) is 14.5. The Labute approximate surface area is 115 Å². The molecular weight excluding hydrogens is 256 g/mol. The molecular formula is C15H14N2O3. The van der Waals surface area contributed by atoms with Gasteiger partial charge in [-0.1, -0.05) is 19.9 Å². The first kappa shape index (κ1) is 13.7. The number of pyridine rings is 1. The van der Waals surface area contributed by atoms with Gasteiger partial charge < -0.3 is 9.52 Å². The highest BCUT2D eigenvalue weighted by atomic mass is 16.4. The molecule has 1 aromatic carbocycles. The predicted octanol–water partition coefficient (Wildman–Crippen LogP) is 3.61. The number of aromatic carboxylic acids is 1. The summed E-state index contributed by atoms with van der Waals surface area (Å²) in [5.74, 6) is -0.613. The molecule has 0 aliphatic carbocycles. The van der Waals surface area contributed by atoms with Crippen molar-refractivity contribution < 1.29 is 14.3 Å². The van der Waals surface area contributed by atoms with E-state index in [0.717, 1.165) is 0 Å². The number of hydrogen-bond donors (Lipinski definition) is 1. The summed E-state index contributed by atoms with van der Waals surface area (Å²) >= 11 is 0. The monoisotopic (exact) mass is 270 g/mol. The van der Waals surface area contributed by atoms with Gasteiger partial charge in [0.1, 0.15) is 0 Å². The summed E-state index contributed by atoms with van der Waals surface area (Å²) in [4.78, 5) is 19.2. The molecule has 0 aliphatic rings. The van der Waals surface area contributed by atoms with Gasteiger partial charge in [0.25, 0.3) is 0 Å². The van der Waals surface area contributed by atoms with Gasteiger partial charge in [-0.3, -0.25) is 0 Å². The van der Waals surface area contributed by atoms with Gasteiger partial charge >= 0.3 is 5.97 Å². The van der Waals surface area contributed by atoms with Crippen LogP contribution < -0.4 is 0 Å². The van der Waals surface area contributed by atoms with Crippen molar-refractivity contribution in [2.24, 2.45) is 0 Å². The molecule has 0 bridgehead atoms. The van der Waals surface area contributed by atoms with Crippen LogP contribution in [0.3, 0.4) is 0 Å². The SMILES string of the molecule is CC.O=C(O)c1cccc(-c2nc3ncccc3o2)c1. The Bertz CT molecular complexity index is 702. The molecule has 0 amide bonds. The molecule has 20 heavy (non-hydrogen) atoms. The number of rotatable bonds is 2. The number of hydrogen-bond acceptors (Lipinski definition) is 4. The van der Waals surface area contributed by atoms with Crippen molar-refractivity contribution in [3.8, 4) is 11.5 Å². The second-order valence-corrected chi connectivity index (χ2v) is 3.73. The Kier molecular flexibility index (Phi) is 4.10. The summed E-state index contributed by atoms with van der Waals surface area (Å²) in [6.07, 6.45) is 1.63. The van der Waals surface area contributed by atoms with Crippen LogP contribution in [-0.4, -0.2) is 21.0 Å². The van der Waals surface area contributed by atoms with Crippen LogP contribution in [0.2, 0.25) is 0 Å². The Morgan fingerprint density at radius 1 is 1.20 bits per heavy atom. The average Bonchev–Trinajstić information content (AvgIpc) is 2.93. The van der Waals surface area contributed by atoms with Crippen LogP contribution in [-0.2, 0) is 0 Å². The first-order chi connectivity index (χ1) is 9.74. The standard InChI is InChI=1S/C13H8N2O3.C2H6/c16-13(17)9-4-1-3-8(7-9)12-15-11-10(18-12)5-2-6-14-11;1-2/h1-7H,(H,16,17);1-2H3. The summed E-state index contributed by atoms with van der Waals surface area (Å²) in [6.45, 7) is 4.00. The lowest BCUT2D eigenvalue weighted by atomic mass is 10.1. The van der Waals surface area contributed by atoms with E-state index in [1.165, 1.54) is 12.1 Å². The highest BCUT2D eigenvalue weighted by Gasteiger charge is 2.10. The lowest BCUT2D eigenvalue weighted by Crippen LogP contribution is -1.95. The summed E-state index contributed by atoms with van der Waals surface area (Å²) in [7, 11) is 0. The van der Waals surface area contributed by atoms with Crippen molar-refractivity contribution in [2.45, 2.75) is 13.8 Å². The smallest absolute Gasteiger partial charge is 0.335 e. The molecule has 0 saturated heterocycles. The fraction of sp³-hybridized carbons (Fsp3) is 0.133. The number of nitrogens with zero attached hydrogens (tertiary/aromatic N) is 2. The van der Waals surface area contributed by atoms with Gasteiger partial charge in [0.05, 0.1) is 5.56 Å². The molecule has 0 unspecified atom stereocenters. The number of carboxylic acids is 1. The zero-order valence-electron chi connectivity index (χ0n) is 11.2. The molecule has 2 heterocycles. The Hall–Kier alpha value is -2.69. The number of aromatic nitrogens is 2. The largest absolute Gasteiger partial charge is 0.478 e. The van der Waals surface area contributed by atoms with Gasteiger partial charge in [0.2, 0.25) is 5.89 Å². The maximum Gasteiger partial charge on any atom is 0.335 e. The summed E-state index contributed by atoms with van der Waals surface area (Å²) in [5.41, 5.74) is 1.90. The molecule has 3 rings (SSSR count). The minimum absolute atomic E-state index is 0.197. The average molecular weight is 270 g/mol. The normalized spacial score (nSPS) is 9.90. The number of carboxylic acid groups (broad SMARTS) is 1. The molecule has 0 spiro atoms. The molecule has 102 valence electrons. The minimum atomic E-state index is -0.980. The van der Waals surface area contributed by atoms with E-state index in [0.29, 0.717) is 22.7 Å². The maximum absolute atomic E-state index is 10.9. The Morgan fingerprint density at radius 3 is 2.70 bits per heavy atom. The number of oxazole rings is 1. The molecule has 5 heteroatoms. The number of benzene rings is 1. The third kappa shape index (κ3) is 2.66. The second kappa shape index (κ2) is 5.97. The van der Waals surface area contributed by atoms with E-state index in [-0.39, 0.29) is 5.56 Å². The summed E-state index contributed by atoms with van der Waals surface area (Å²) in [5, 5.41) is 8.93. The van der Waals surface area contributed by atoms with Gasteiger partial charge in [-0.2, -0.15) is 4.98 Å². The Balaban J connectivity index is 0.000000704. The van der Waals surface area contributed by atoms with Crippen LogP contribution in [0.5, 0.6) is 0 Å². The van der Waals surface area contributed by atoms with E-state index in [4.69, 9.17) is 9.52 Å². The first-order valence-corrected chi connectivity index (χ1v) is 6.29.